The third-order valence-corrected chi connectivity index (χ3v) is 6.83. The zero-order chi connectivity index (χ0) is 20.8. The monoisotopic (exact) mass is 413 g/mol. The first-order valence-electron chi connectivity index (χ1n) is 10.5. The lowest BCUT2D eigenvalue weighted by molar-refractivity contribution is 0.0156. The minimum atomic E-state index is -0.0475. The second-order valence-electron chi connectivity index (χ2n) is 9.52. The van der Waals surface area contributed by atoms with Crippen molar-refractivity contribution in [3.63, 3.8) is 0 Å². The number of hydrogen-bond donors (Lipinski definition) is 2. The van der Waals surface area contributed by atoms with E-state index in [4.69, 9.17) is 22.1 Å². The van der Waals surface area contributed by atoms with Crippen molar-refractivity contribution in [3.8, 4) is 0 Å². The maximum absolute atomic E-state index is 6.90. The fourth-order valence-corrected chi connectivity index (χ4v) is 5.60. The molecule has 2 aromatic carbocycles. The van der Waals surface area contributed by atoms with Crippen molar-refractivity contribution in [1.82, 2.24) is 5.32 Å². The Kier molecular flexibility index (Phi) is 5.30. The number of para-hydroxylation sites is 2. The van der Waals surface area contributed by atoms with E-state index in [-0.39, 0.29) is 16.9 Å². The summed E-state index contributed by atoms with van der Waals surface area (Å²) in [5.41, 5.74) is 11.9. The molecule has 2 aromatic rings. The summed E-state index contributed by atoms with van der Waals surface area (Å²) in [6.07, 6.45) is 2.09. The van der Waals surface area contributed by atoms with E-state index in [2.05, 4.69) is 55.3 Å². The second kappa shape index (κ2) is 7.50. The Bertz CT molecular complexity index is 899. The summed E-state index contributed by atoms with van der Waals surface area (Å²) < 4.78 is 6.04. The predicted molar refractivity (Wildman–Crippen MR) is 122 cm³/mol. The number of anilines is 3. The quantitative estimate of drug-likeness (QED) is 0.659. The van der Waals surface area contributed by atoms with Gasteiger partial charge in [0.25, 0.3) is 0 Å². The van der Waals surface area contributed by atoms with Gasteiger partial charge in [-0.15, -0.1) is 0 Å². The van der Waals surface area contributed by atoms with Gasteiger partial charge in [-0.1, -0.05) is 50.6 Å². The van der Waals surface area contributed by atoms with Crippen molar-refractivity contribution in [2.24, 2.45) is 5.41 Å². The van der Waals surface area contributed by atoms with Crippen LogP contribution in [0.25, 0.3) is 0 Å². The summed E-state index contributed by atoms with van der Waals surface area (Å²) in [4.78, 5) is 2.40. The number of nitrogens with one attached hydrogen (secondary N) is 1. The Morgan fingerprint density at radius 2 is 1.83 bits per heavy atom. The molecular formula is C24H32ClN3O. The van der Waals surface area contributed by atoms with E-state index in [9.17, 15) is 0 Å². The van der Waals surface area contributed by atoms with Gasteiger partial charge in [0.05, 0.1) is 23.2 Å². The van der Waals surface area contributed by atoms with E-state index in [1.54, 1.807) is 7.11 Å². The highest BCUT2D eigenvalue weighted by Crippen LogP contribution is 2.56. The molecule has 0 saturated carbocycles. The van der Waals surface area contributed by atoms with Crippen LogP contribution in [-0.4, -0.2) is 26.7 Å². The minimum absolute atomic E-state index is 0.0339. The zero-order valence-electron chi connectivity index (χ0n) is 17.9. The molecule has 0 bridgehead atoms. The van der Waals surface area contributed by atoms with Crippen molar-refractivity contribution in [2.45, 2.75) is 45.1 Å². The highest BCUT2D eigenvalue weighted by atomic mass is 35.5. The van der Waals surface area contributed by atoms with Crippen LogP contribution in [0, 0.1) is 5.41 Å². The Labute approximate surface area is 179 Å². The van der Waals surface area contributed by atoms with Gasteiger partial charge in [-0.05, 0) is 49.5 Å². The van der Waals surface area contributed by atoms with Gasteiger partial charge in [0.1, 0.15) is 0 Å². The Morgan fingerprint density at radius 1 is 1.14 bits per heavy atom. The van der Waals surface area contributed by atoms with Gasteiger partial charge in [0.2, 0.25) is 0 Å². The van der Waals surface area contributed by atoms with Crippen LogP contribution in [0.2, 0.25) is 5.02 Å². The molecule has 2 heterocycles. The van der Waals surface area contributed by atoms with Crippen LogP contribution in [-0.2, 0) is 10.2 Å². The number of methoxy groups -OCH3 is 1. The second-order valence-corrected chi connectivity index (χ2v) is 9.92. The van der Waals surface area contributed by atoms with E-state index < -0.39 is 0 Å². The van der Waals surface area contributed by atoms with E-state index in [0.29, 0.717) is 0 Å². The van der Waals surface area contributed by atoms with Crippen LogP contribution >= 0.6 is 11.6 Å². The number of fused-ring (bicyclic) bond motifs is 2. The first kappa shape index (κ1) is 20.5. The van der Waals surface area contributed by atoms with E-state index >= 15 is 0 Å². The third kappa shape index (κ3) is 3.41. The molecule has 0 radical (unpaired) electrons. The molecule has 0 aromatic heterocycles. The molecule has 1 spiro atoms. The first-order chi connectivity index (χ1) is 13.8. The van der Waals surface area contributed by atoms with Crippen molar-refractivity contribution < 1.29 is 4.74 Å². The Morgan fingerprint density at radius 3 is 2.45 bits per heavy atom. The smallest absolute Gasteiger partial charge is 0.0889 e. The van der Waals surface area contributed by atoms with Crippen LogP contribution in [0.1, 0.15) is 50.8 Å². The summed E-state index contributed by atoms with van der Waals surface area (Å²) in [7, 11) is 1.80. The van der Waals surface area contributed by atoms with Gasteiger partial charge in [-0.3, -0.25) is 0 Å². The predicted octanol–water partition coefficient (Wildman–Crippen LogP) is 5.43. The lowest BCUT2D eigenvalue weighted by atomic mass is 9.73. The normalized spacial score (nSPS) is 19.4. The standard InChI is InChI=1S/C24H32ClN3O/c1-23(2,3)22(29-4)16-9-10-17(25)20-21(16)28(19-8-6-5-7-18(19)26)15-24(20)11-13-27-14-12-24/h5-10,22,27H,11-15,26H2,1-4H3. The van der Waals surface area contributed by atoms with Crippen molar-refractivity contribution in [3.05, 3.63) is 52.5 Å². The fraction of sp³-hybridized carbons (Fsp3) is 0.500. The molecule has 2 aliphatic rings. The van der Waals surface area contributed by atoms with Crippen LogP contribution in [0.3, 0.4) is 0 Å². The van der Waals surface area contributed by atoms with Crippen LogP contribution < -0.4 is 16.0 Å². The van der Waals surface area contributed by atoms with Gasteiger partial charge >= 0.3 is 0 Å². The van der Waals surface area contributed by atoms with Crippen molar-refractivity contribution >= 4 is 28.7 Å². The minimum Gasteiger partial charge on any atom is -0.397 e. The molecule has 3 N–H and O–H groups in total. The highest BCUT2D eigenvalue weighted by Gasteiger charge is 2.48. The van der Waals surface area contributed by atoms with Crippen molar-refractivity contribution in [1.29, 1.82) is 0 Å². The Hall–Kier alpha value is -1.75. The lowest BCUT2D eigenvalue weighted by Crippen LogP contribution is -2.42. The molecule has 156 valence electrons. The maximum atomic E-state index is 6.90. The average Bonchev–Trinajstić information content (AvgIpc) is 2.99. The number of piperidine rings is 1. The molecular weight excluding hydrogens is 382 g/mol. The number of nitrogen functional groups attached to an aromatic ring is 1. The SMILES string of the molecule is COC(c1ccc(Cl)c2c1N(c1ccccc1N)CC21CCNCC1)C(C)(C)C. The number of nitrogens with two attached hydrogens (primary N) is 1. The number of halogens is 1. The van der Waals surface area contributed by atoms with E-state index in [0.717, 1.165) is 48.9 Å². The molecule has 0 amide bonds. The molecule has 29 heavy (non-hydrogen) atoms. The van der Waals surface area contributed by atoms with Crippen molar-refractivity contribution in [2.75, 3.05) is 37.4 Å². The van der Waals surface area contributed by atoms with Crippen LogP contribution in [0.5, 0.6) is 0 Å². The van der Waals surface area contributed by atoms with E-state index in [1.165, 1.54) is 16.8 Å². The molecule has 4 nitrogen and oxygen atoms in total. The summed E-state index contributed by atoms with van der Waals surface area (Å²) in [5.74, 6) is 0. The van der Waals surface area contributed by atoms with E-state index in [1.807, 2.05) is 12.1 Å². The molecule has 0 aliphatic carbocycles. The fourth-order valence-electron chi connectivity index (χ4n) is 5.25. The summed E-state index contributed by atoms with van der Waals surface area (Å²) in [6, 6.07) is 12.3. The molecule has 1 saturated heterocycles. The maximum Gasteiger partial charge on any atom is 0.0889 e. The summed E-state index contributed by atoms with van der Waals surface area (Å²) in [6.45, 7) is 9.57. The number of nitrogens with zero attached hydrogens (tertiary/aromatic N) is 1. The van der Waals surface area contributed by atoms with Gasteiger partial charge in [0.15, 0.2) is 0 Å². The highest BCUT2D eigenvalue weighted by molar-refractivity contribution is 6.32. The lowest BCUT2D eigenvalue weighted by Gasteiger charge is -2.35. The summed E-state index contributed by atoms with van der Waals surface area (Å²) in [5, 5.41) is 4.37. The zero-order valence-corrected chi connectivity index (χ0v) is 18.6. The van der Waals surface area contributed by atoms with Crippen LogP contribution in [0.4, 0.5) is 17.1 Å². The number of ether oxygens (including phenoxy) is 1. The number of rotatable bonds is 3. The molecule has 4 rings (SSSR count). The number of hydrogen-bond acceptors (Lipinski definition) is 4. The van der Waals surface area contributed by atoms with Crippen LogP contribution in [0.15, 0.2) is 36.4 Å². The first-order valence-corrected chi connectivity index (χ1v) is 10.8. The molecule has 5 heteroatoms. The van der Waals surface area contributed by atoms with Gasteiger partial charge in [-0.2, -0.15) is 0 Å². The summed E-state index contributed by atoms with van der Waals surface area (Å²) >= 11 is 6.90. The largest absolute Gasteiger partial charge is 0.397 e. The molecule has 1 fully saturated rings. The topological polar surface area (TPSA) is 50.5 Å². The average molecular weight is 414 g/mol. The Balaban J connectivity index is 1.98. The molecule has 1 atom stereocenters. The van der Waals surface area contributed by atoms with Gasteiger partial charge in [0, 0.05) is 35.2 Å². The molecule has 2 aliphatic heterocycles. The van der Waals surface area contributed by atoms with Gasteiger partial charge < -0.3 is 20.7 Å². The third-order valence-electron chi connectivity index (χ3n) is 6.51. The van der Waals surface area contributed by atoms with Gasteiger partial charge in [-0.25, -0.2) is 0 Å². The number of benzene rings is 2. The molecule has 1 unspecified atom stereocenters.